The van der Waals surface area contributed by atoms with E-state index in [1.54, 1.807) is 18.2 Å². The monoisotopic (exact) mass is 430 g/mol. The van der Waals surface area contributed by atoms with Crippen LogP contribution in [0.1, 0.15) is 18.4 Å². The van der Waals surface area contributed by atoms with Crippen molar-refractivity contribution in [3.8, 4) is 5.75 Å². The van der Waals surface area contributed by atoms with Gasteiger partial charge in [0.15, 0.2) is 5.52 Å². The molecule has 9 nitrogen and oxygen atoms in total. The van der Waals surface area contributed by atoms with Gasteiger partial charge in [0.25, 0.3) is 0 Å². The normalized spacial score (nSPS) is 17.7. The number of rotatable bonds is 5. The van der Waals surface area contributed by atoms with Gasteiger partial charge in [-0.3, -0.25) is 4.79 Å². The first-order valence-corrected chi connectivity index (χ1v) is 11.0. The van der Waals surface area contributed by atoms with Crippen LogP contribution in [0.15, 0.2) is 45.9 Å². The number of nitrogens with zero attached hydrogens (tertiary/aromatic N) is 3. The van der Waals surface area contributed by atoms with E-state index in [9.17, 15) is 13.2 Å². The third kappa shape index (κ3) is 3.75. The van der Waals surface area contributed by atoms with E-state index in [4.69, 9.17) is 4.74 Å². The fraction of sp³-hybridized carbons (Fsp3) is 0.350. The Morgan fingerprint density at radius 2 is 2.10 bits per heavy atom. The molecule has 0 aliphatic carbocycles. The van der Waals surface area contributed by atoms with Crippen LogP contribution in [-0.4, -0.2) is 49.1 Å². The minimum absolute atomic E-state index is 0.0302. The minimum atomic E-state index is -3.85. The molecule has 1 aromatic heterocycles. The Bertz CT molecular complexity index is 1190. The number of anilines is 1. The van der Waals surface area contributed by atoms with Gasteiger partial charge in [-0.1, -0.05) is 12.1 Å². The Morgan fingerprint density at radius 1 is 1.27 bits per heavy atom. The summed E-state index contributed by atoms with van der Waals surface area (Å²) in [6.45, 7) is 2.34. The summed E-state index contributed by atoms with van der Waals surface area (Å²) in [6.07, 6.45) is 1.18. The molecule has 1 saturated heterocycles. The van der Waals surface area contributed by atoms with Crippen LogP contribution < -0.4 is 10.1 Å². The van der Waals surface area contributed by atoms with Crippen molar-refractivity contribution in [3.63, 3.8) is 0 Å². The van der Waals surface area contributed by atoms with E-state index in [1.165, 1.54) is 17.5 Å². The van der Waals surface area contributed by atoms with Gasteiger partial charge in [0, 0.05) is 13.1 Å². The lowest BCUT2D eigenvalue weighted by Gasteiger charge is -2.31. The van der Waals surface area contributed by atoms with Crippen LogP contribution in [0, 0.1) is 12.8 Å². The van der Waals surface area contributed by atoms with Crippen LogP contribution in [0.4, 0.5) is 5.69 Å². The van der Waals surface area contributed by atoms with Crippen LogP contribution in [-0.2, 0) is 14.8 Å². The fourth-order valence-corrected chi connectivity index (χ4v) is 5.32. The number of aryl methyl sites for hydroxylation is 1. The lowest BCUT2D eigenvalue weighted by Crippen LogP contribution is -2.43. The Hall–Kier alpha value is -2.98. The molecular weight excluding hydrogens is 408 g/mol. The number of ether oxygens (including phenoxy) is 1. The fourth-order valence-electron chi connectivity index (χ4n) is 3.66. The van der Waals surface area contributed by atoms with Crippen LogP contribution in [0.2, 0.25) is 0 Å². The lowest BCUT2D eigenvalue weighted by molar-refractivity contribution is -0.120. The van der Waals surface area contributed by atoms with E-state index < -0.39 is 15.9 Å². The molecule has 2 aromatic carbocycles. The third-order valence-electron chi connectivity index (χ3n) is 5.23. The minimum Gasteiger partial charge on any atom is -0.495 e. The summed E-state index contributed by atoms with van der Waals surface area (Å²) in [6, 6.07) is 10.2. The largest absolute Gasteiger partial charge is 0.495 e. The first-order valence-electron chi connectivity index (χ1n) is 9.57. The maximum absolute atomic E-state index is 13.2. The van der Waals surface area contributed by atoms with Crippen LogP contribution in [0.3, 0.4) is 0 Å². The molecule has 3 aromatic rings. The average Bonchev–Trinajstić information content (AvgIpc) is 3.23. The number of aromatic nitrogens is 2. The summed E-state index contributed by atoms with van der Waals surface area (Å²) in [7, 11) is -2.31. The van der Waals surface area contributed by atoms with Crippen molar-refractivity contribution in [1.82, 2.24) is 14.6 Å². The molecule has 1 N–H and O–H groups in total. The maximum atomic E-state index is 13.2. The van der Waals surface area contributed by atoms with Gasteiger partial charge < -0.3 is 10.1 Å². The van der Waals surface area contributed by atoms with E-state index in [2.05, 4.69) is 20.3 Å². The number of piperidine rings is 1. The molecule has 1 aliphatic heterocycles. The SMILES string of the molecule is COc1ccc(C)cc1NC(=O)[C@@H]1CCCN(S(=O)(=O)c2cccc3nonc23)C1. The van der Waals surface area contributed by atoms with Crippen molar-refractivity contribution in [2.45, 2.75) is 24.7 Å². The Balaban J connectivity index is 1.55. The van der Waals surface area contributed by atoms with Crippen LogP contribution >= 0.6 is 0 Å². The molecule has 0 bridgehead atoms. The second-order valence-electron chi connectivity index (χ2n) is 7.28. The highest BCUT2D eigenvalue weighted by Gasteiger charge is 2.35. The highest BCUT2D eigenvalue weighted by atomic mass is 32.2. The number of fused-ring (bicyclic) bond motifs is 1. The van der Waals surface area contributed by atoms with E-state index in [1.807, 2.05) is 19.1 Å². The van der Waals surface area contributed by atoms with Gasteiger partial charge in [0.1, 0.15) is 16.2 Å². The van der Waals surface area contributed by atoms with Crippen molar-refractivity contribution in [1.29, 1.82) is 0 Å². The van der Waals surface area contributed by atoms with E-state index in [0.717, 1.165) is 5.56 Å². The van der Waals surface area contributed by atoms with Gasteiger partial charge >= 0.3 is 0 Å². The summed E-state index contributed by atoms with van der Waals surface area (Å²) in [5.41, 5.74) is 2.11. The van der Waals surface area contributed by atoms with E-state index >= 15 is 0 Å². The van der Waals surface area contributed by atoms with Gasteiger partial charge in [0.05, 0.1) is 18.7 Å². The molecule has 2 heterocycles. The third-order valence-corrected chi connectivity index (χ3v) is 7.13. The van der Waals surface area contributed by atoms with Crippen molar-refractivity contribution in [3.05, 3.63) is 42.0 Å². The van der Waals surface area contributed by atoms with Gasteiger partial charge in [-0.25, -0.2) is 13.0 Å². The highest BCUT2D eigenvalue weighted by molar-refractivity contribution is 7.89. The second-order valence-corrected chi connectivity index (χ2v) is 9.19. The maximum Gasteiger partial charge on any atom is 0.245 e. The molecule has 4 rings (SSSR count). The number of nitrogens with one attached hydrogen (secondary N) is 1. The van der Waals surface area contributed by atoms with Crippen molar-refractivity contribution < 1.29 is 22.6 Å². The molecule has 1 aliphatic rings. The molecule has 0 saturated carbocycles. The average molecular weight is 430 g/mol. The number of benzene rings is 2. The smallest absolute Gasteiger partial charge is 0.245 e. The number of hydrogen-bond donors (Lipinski definition) is 1. The Labute approximate surface area is 174 Å². The molecule has 1 amide bonds. The molecule has 0 radical (unpaired) electrons. The molecule has 0 spiro atoms. The number of amides is 1. The Morgan fingerprint density at radius 3 is 2.90 bits per heavy atom. The quantitative estimate of drug-likeness (QED) is 0.661. The molecule has 158 valence electrons. The topological polar surface area (TPSA) is 115 Å². The van der Waals surface area contributed by atoms with Crippen molar-refractivity contribution >= 4 is 32.7 Å². The van der Waals surface area contributed by atoms with Crippen molar-refractivity contribution in [2.24, 2.45) is 5.92 Å². The van der Waals surface area contributed by atoms with Crippen LogP contribution in [0.25, 0.3) is 11.0 Å². The highest BCUT2D eigenvalue weighted by Crippen LogP contribution is 2.30. The summed E-state index contributed by atoms with van der Waals surface area (Å²) >= 11 is 0. The standard InChI is InChI=1S/C20H22N4O5S/c1-13-8-9-17(28-2)16(11-13)21-20(25)14-5-4-10-24(12-14)30(26,27)18-7-3-6-15-19(18)23-29-22-15/h3,6-9,11,14H,4-5,10,12H2,1-2H3,(H,21,25)/t14-/m1/s1. The molecular formula is C20H22N4O5S. The summed E-state index contributed by atoms with van der Waals surface area (Å²) in [5.74, 6) is -0.159. The summed E-state index contributed by atoms with van der Waals surface area (Å²) < 4.78 is 37.8. The molecule has 1 atom stereocenters. The number of sulfonamides is 1. The predicted octanol–water partition coefficient (Wildman–Crippen LogP) is 2.58. The molecule has 10 heteroatoms. The lowest BCUT2D eigenvalue weighted by atomic mass is 9.98. The van der Waals surface area contributed by atoms with Gasteiger partial charge in [-0.05, 0) is 59.9 Å². The van der Waals surface area contributed by atoms with E-state index in [-0.39, 0.29) is 22.9 Å². The molecule has 0 unspecified atom stereocenters. The zero-order valence-corrected chi connectivity index (χ0v) is 17.5. The Kier molecular flexibility index (Phi) is 5.44. The predicted molar refractivity (Wildman–Crippen MR) is 110 cm³/mol. The number of carbonyl (C=O) groups excluding carboxylic acids is 1. The summed E-state index contributed by atoms with van der Waals surface area (Å²) in [4.78, 5) is 12.9. The van der Waals surface area contributed by atoms with Gasteiger partial charge in [0.2, 0.25) is 15.9 Å². The molecule has 1 fully saturated rings. The number of methoxy groups -OCH3 is 1. The second kappa shape index (κ2) is 8.04. The number of hydrogen-bond acceptors (Lipinski definition) is 7. The first kappa shape index (κ1) is 20.3. The zero-order valence-electron chi connectivity index (χ0n) is 16.7. The zero-order chi connectivity index (χ0) is 21.3. The van der Waals surface area contributed by atoms with Crippen LogP contribution in [0.5, 0.6) is 5.75 Å². The first-order chi connectivity index (χ1) is 14.4. The van der Waals surface area contributed by atoms with E-state index in [0.29, 0.717) is 36.3 Å². The number of carbonyl (C=O) groups is 1. The van der Waals surface area contributed by atoms with Gasteiger partial charge in [-0.15, -0.1) is 0 Å². The van der Waals surface area contributed by atoms with Gasteiger partial charge in [-0.2, -0.15) is 4.31 Å². The molecule has 30 heavy (non-hydrogen) atoms. The van der Waals surface area contributed by atoms with Crippen molar-refractivity contribution in [2.75, 3.05) is 25.5 Å². The summed E-state index contributed by atoms with van der Waals surface area (Å²) in [5, 5.41) is 10.3.